The van der Waals surface area contributed by atoms with Gasteiger partial charge in [0.1, 0.15) is 5.82 Å². The van der Waals surface area contributed by atoms with Gasteiger partial charge in [0, 0.05) is 24.4 Å². The lowest BCUT2D eigenvalue weighted by molar-refractivity contribution is 0.206. The number of rotatable bonds is 4. The molecule has 0 radical (unpaired) electrons. The fourth-order valence-electron chi connectivity index (χ4n) is 2.14. The highest BCUT2D eigenvalue weighted by molar-refractivity contribution is 9.09. The summed E-state index contributed by atoms with van der Waals surface area (Å²) in [7, 11) is 0. The smallest absolute Gasteiger partial charge is 0.255 e. The van der Waals surface area contributed by atoms with E-state index < -0.39 is 4.70 Å². The second kappa shape index (κ2) is 4.88. The average molecular weight is 314 g/mol. The van der Waals surface area contributed by atoms with Gasteiger partial charge in [-0.3, -0.25) is 0 Å². The summed E-state index contributed by atoms with van der Waals surface area (Å²) in [5.41, 5.74) is 2.32. The molecule has 0 saturated heterocycles. The van der Waals surface area contributed by atoms with Gasteiger partial charge in [-0.1, -0.05) is 13.8 Å². The summed E-state index contributed by atoms with van der Waals surface area (Å²) in [4.78, 5) is 0. The molecule has 0 aliphatic carbocycles. The molecule has 0 aromatic carbocycles. The Balaban J connectivity index is 2.62. The molecule has 1 atom stereocenters. The zero-order chi connectivity index (χ0) is 13.3. The van der Waals surface area contributed by atoms with Crippen LogP contribution in [0, 0.1) is 0 Å². The van der Waals surface area contributed by atoms with E-state index in [0.29, 0.717) is 0 Å². The van der Waals surface area contributed by atoms with Crippen molar-refractivity contribution in [1.82, 2.24) is 14.3 Å². The summed E-state index contributed by atoms with van der Waals surface area (Å²) in [6.45, 7) is 5.62. The predicted octanol–water partition coefficient (Wildman–Crippen LogP) is 3.79. The van der Waals surface area contributed by atoms with Gasteiger partial charge in [0.05, 0.1) is 6.20 Å². The van der Waals surface area contributed by atoms with Gasteiger partial charge in [-0.15, -0.1) is 0 Å². The number of aromatic nitrogens is 3. The topological polar surface area (TPSA) is 22.8 Å². The number of hydrogen-bond acceptors (Lipinski definition) is 1. The van der Waals surface area contributed by atoms with E-state index in [1.807, 2.05) is 6.07 Å². The van der Waals surface area contributed by atoms with Crippen molar-refractivity contribution in [3.05, 3.63) is 35.8 Å². The Labute approximate surface area is 115 Å². The maximum Gasteiger partial charge on any atom is 0.255 e. The average Bonchev–Trinajstić information content (AvgIpc) is 2.93. The molecule has 2 aromatic rings. The predicted molar refractivity (Wildman–Crippen MR) is 74.0 cm³/mol. The highest BCUT2D eigenvalue weighted by Gasteiger charge is 2.26. The van der Waals surface area contributed by atoms with Crippen LogP contribution in [0.15, 0.2) is 24.4 Å². The number of alkyl halides is 2. The third-order valence-corrected chi connectivity index (χ3v) is 3.33. The van der Waals surface area contributed by atoms with Crippen molar-refractivity contribution in [1.29, 1.82) is 0 Å². The van der Waals surface area contributed by atoms with Gasteiger partial charge in [-0.2, -0.15) is 5.10 Å². The Bertz CT molecular complexity index is 515. The van der Waals surface area contributed by atoms with Crippen LogP contribution in [0.5, 0.6) is 0 Å². The van der Waals surface area contributed by atoms with Crippen LogP contribution in [0.25, 0.3) is 5.82 Å². The maximum atomic E-state index is 14.1. The monoisotopic (exact) mass is 313 g/mol. The molecule has 0 aliphatic heterocycles. The Morgan fingerprint density at radius 3 is 2.22 bits per heavy atom. The van der Waals surface area contributed by atoms with Crippen molar-refractivity contribution in [2.45, 2.75) is 38.3 Å². The van der Waals surface area contributed by atoms with E-state index in [1.54, 1.807) is 6.20 Å². The van der Waals surface area contributed by atoms with Crippen LogP contribution in [0.3, 0.4) is 0 Å². The van der Waals surface area contributed by atoms with E-state index in [9.17, 15) is 4.39 Å². The Morgan fingerprint density at radius 2 is 1.78 bits per heavy atom. The first-order valence-electron chi connectivity index (χ1n) is 6.11. The zero-order valence-electron chi connectivity index (χ0n) is 10.8. The van der Waals surface area contributed by atoms with E-state index in [-0.39, 0.29) is 0 Å². The Morgan fingerprint density at radius 1 is 1.22 bits per heavy atom. The second-order valence-electron chi connectivity index (χ2n) is 4.30. The number of hydrogen-bond donors (Lipinski definition) is 0. The molecule has 0 fully saturated rings. The van der Waals surface area contributed by atoms with Gasteiger partial charge in [-0.25, -0.2) is 9.07 Å². The second-order valence-corrected chi connectivity index (χ2v) is 5.75. The molecule has 0 spiro atoms. The standard InChI is InChI=1S/C13H17BrFN3/c1-4-10-6-7-11(5-2)17(10)12-8-9-16-18(12)13(3,14)15/h6-9H,4-5H2,1-3H3. The summed E-state index contributed by atoms with van der Waals surface area (Å²) in [6, 6.07) is 6.00. The van der Waals surface area contributed by atoms with Crippen molar-refractivity contribution >= 4 is 15.9 Å². The summed E-state index contributed by atoms with van der Waals surface area (Å²) < 4.78 is 15.8. The van der Waals surface area contributed by atoms with Gasteiger partial charge in [0.2, 0.25) is 0 Å². The minimum Gasteiger partial charge on any atom is -0.303 e. The van der Waals surface area contributed by atoms with Crippen LogP contribution in [-0.2, 0) is 17.5 Å². The summed E-state index contributed by atoms with van der Waals surface area (Å²) >= 11 is 3.02. The molecule has 2 rings (SSSR count). The minimum atomic E-state index is -1.69. The van der Waals surface area contributed by atoms with Crippen LogP contribution in [0.1, 0.15) is 32.2 Å². The summed E-state index contributed by atoms with van der Waals surface area (Å²) in [5, 5.41) is 4.07. The molecule has 18 heavy (non-hydrogen) atoms. The van der Waals surface area contributed by atoms with Crippen molar-refractivity contribution in [3.8, 4) is 5.82 Å². The van der Waals surface area contributed by atoms with Crippen LogP contribution in [0.4, 0.5) is 4.39 Å². The highest BCUT2D eigenvalue weighted by Crippen LogP contribution is 2.29. The Hall–Kier alpha value is -1.10. The number of halogens is 2. The lowest BCUT2D eigenvalue weighted by atomic mass is 10.3. The normalized spacial score (nSPS) is 14.7. The van der Waals surface area contributed by atoms with Gasteiger partial charge in [-0.05, 0) is 40.9 Å². The van der Waals surface area contributed by atoms with Crippen molar-refractivity contribution < 1.29 is 4.39 Å². The molecular formula is C13H17BrFN3. The number of nitrogens with zero attached hydrogens (tertiary/aromatic N) is 3. The molecule has 0 amide bonds. The van der Waals surface area contributed by atoms with Crippen LogP contribution < -0.4 is 0 Å². The summed E-state index contributed by atoms with van der Waals surface area (Å²) in [5.74, 6) is 0.746. The van der Waals surface area contributed by atoms with Crippen molar-refractivity contribution in [3.63, 3.8) is 0 Å². The summed E-state index contributed by atoms with van der Waals surface area (Å²) in [6.07, 6.45) is 3.42. The molecule has 2 heterocycles. The van der Waals surface area contributed by atoms with Crippen molar-refractivity contribution in [2.75, 3.05) is 0 Å². The van der Waals surface area contributed by atoms with Gasteiger partial charge < -0.3 is 4.57 Å². The highest BCUT2D eigenvalue weighted by atomic mass is 79.9. The lowest BCUT2D eigenvalue weighted by Crippen LogP contribution is -2.22. The van der Waals surface area contributed by atoms with Crippen LogP contribution in [0.2, 0.25) is 0 Å². The molecule has 0 N–H and O–H groups in total. The van der Waals surface area contributed by atoms with E-state index in [0.717, 1.165) is 30.0 Å². The fraction of sp³-hybridized carbons (Fsp3) is 0.462. The third kappa shape index (κ3) is 2.23. The minimum absolute atomic E-state index is 0.746. The molecule has 98 valence electrons. The molecule has 2 aromatic heterocycles. The molecule has 0 aliphatic rings. The SMILES string of the molecule is CCc1ccc(CC)n1-c1ccnn1C(C)(F)Br. The molecular weight excluding hydrogens is 297 g/mol. The first-order chi connectivity index (χ1) is 8.49. The largest absolute Gasteiger partial charge is 0.303 e. The fourth-order valence-corrected chi connectivity index (χ4v) is 2.41. The van der Waals surface area contributed by atoms with Gasteiger partial charge in [0.15, 0.2) is 0 Å². The van der Waals surface area contributed by atoms with Gasteiger partial charge in [0.25, 0.3) is 4.70 Å². The van der Waals surface area contributed by atoms with Crippen molar-refractivity contribution in [2.24, 2.45) is 0 Å². The van der Waals surface area contributed by atoms with Gasteiger partial charge >= 0.3 is 0 Å². The first-order valence-corrected chi connectivity index (χ1v) is 6.90. The third-order valence-electron chi connectivity index (χ3n) is 2.99. The number of aryl methyl sites for hydroxylation is 2. The molecule has 5 heteroatoms. The quantitative estimate of drug-likeness (QED) is 0.787. The zero-order valence-corrected chi connectivity index (χ0v) is 12.4. The Kier molecular flexibility index (Phi) is 3.61. The maximum absolute atomic E-state index is 14.1. The molecule has 0 saturated carbocycles. The van der Waals surface area contributed by atoms with E-state index >= 15 is 0 Å². The molecule has 0 bridgehead atoms. The van der Waals surface area contributed by atoms with Crippen LogP contribution >= 0.6 is 15.9 Å². The van der Waals surface area contributed by atoms with E-state index in [2.05, 4.69) is 51.6 Å². The lowest BCUT2D eigenvalue weighted by Gasteiger charge is -2.19. The molecule has 3 nitrogen and oxygen atoms in total. The van der Waals surface area contributed by atoms with Crippen LogP contribution in [-0.4, -0.2) is 14.3 Å². The molecule has 1 unspecified atom stereocenters. The van der Waals surface area contributed by atoms with E-state index in [1.165, 1.54) is 11.6 Å². The first kappa shape index (κ1) is 13.3. The van der Waals surface area contributed by atoms with E-state index in [4.69, 9.17) is 0 Å².